The normalized spacial score (nSPS) is 23.9. The molecule has 2 aliphatic carbocycles. The van der Waals surface area contributed by atoms with Gasteiger partial charge >= 0.3 is 11.9 Å². The molecule has 0 radical (unpaired) electrons. The molecule has 4 atom stereocenters. The van der Waals surface area contributed by atoms with Crippen LogP contribution in [0.2, 0.25) is 0 Å². The molecule has 0 fully saturated rings. The summed E-state index contributed by atoms with van der Waals surface area (Å²) in [5.74, 6) is -0.641. The number of fused-ring (bicyclic) bond motifs is 4. The molecule has 8 nitrogen and oxygen atoms in total. The quantitative estimate of drug-likeness (QED) is 0.529. The third-order valence-electron chi connectivity index (χ3n) is 6.59. The van der Waals surface area contributed by atoms with Crippen molar-refractivity contribution in [3.05, 3.63) is 85.4 Å². The SMILES string of the molecule is O=C(O)CCN1c2ccncc2SC2C=CC=CC21.O=C(O)CCN1c2ncccc2SC2C=CC=CC21. The third kappa shape index (κ3) is 5.81. The van der Waals surface area contributed by atoms with E-state index in [0.29, 0.717) is 23.6 Å². The molecule has 0 saturated carbocycles. The smallest absolute Gasteiger partial charge is 0.305 e. The highest BCUT2D eigenvalue weighted by Crippen LogP contribution is 2.43. The maximum Gasteiger partial charge on any atom is 0.305 e. The first-order chi connectivity index (χ1) is 18.5. The van der Waals surface area contributed by atoms with Gasteiger partial charge in [0.1, 0.15) is 5.82 Å². The molecule has 0 amide bonds. The number of carboxylic acid groups (broad SMARTS) is 2. The van der Waals surface area contributed by atoms with Crippen molar-refractivity contribution in [3.63, 3.8) is 0 Å². The van der Waals surface area contributed by atoms with E-state index in [4.69, 9.17) is 10.2 Å². The Balaban J connectivity index is 0.000000155. The van der Waals surface area contributed by atoms with Crippen molar-refractivity contribution in [2.24, 2.45) is 0 Å². The topological polar surface area (TPSA) is 107 Å². The molecular formula is C28H28N4O4S2. The summed E-state index contributed by atoms with van der Waals surface area (Å²) in [7, 11) is 0. The molecule has 38 heavy (non-hydrogen) atoms. The predicted octanol–water partition coefficient (Wildman–Crippen LogP) is 4.66. The average molecular weight is 549 g/mol. The van der Waals surface area contributed by atoms with E-state index in [2.05, 4.69) is 44.1 Å². The molecule has 0 saturated heterocycles. The number of hydrogen-bond donors (Lipinski definition) is 2. The molecule has 2 N–H and O–H groups in total. The molecule has 10 heteroatoms. The van der Waals surface area contributed by atoms with E-state index < -0.39 is 11.9 Å². The first-order valence-electron chi connectivity index (χ1n) is 12.4. The van der Waals surface area contributed by atoms with Crippen LogP contribution in [-0.4, -0.2) is 67.8 Å². The molecule has 0 bridgehead atoms. The molecule has 4 heterocycles. The van der Waals surface area contributed by atoms with Crippen LogP contribution in [0.5, 0.6) is 0 Å². The molecule has 4 aliphatic rings. The van der Waals surface area contributed by atoms with Crippen molar-refractivity contribution >= 4 is 47.0 Å². The van der Waals surface area contributed by atoms with Crippen LogP contribution < -0.4 is 9.80 Å². The molecule has 2 aromatic rings. The summed E-state index contributed by atoms with van der Waals surface area (Å²) in [4.78, 5) is 36.8. The van der Waals surface area contributed by atoms with Crippen LogP contribution in [0, 0.1) is 0 Å². The Labute approximate surface area is 229 Å². The minimum absolute atomic E-state index is 0.126. The Kier molecular flexibility index (Phi) is 8.19. The van der Waals surface area contributed by atoms with Crippen molar-refractivity contribution in [1.29, 1.82) is 0 Å². The van der Waals surface area contributed by atoms with Gasteiger partial charge in [0, 0.05) is 36.6 Å². The van der Waals surface area contributed by atoms with E-state index in [0.717, 1.165) is 21.3 Å². The molecule has 2 aromatic heterocycles. The summed E-state index contributed by atoms with van der Waals surface area (Å²) < 4.78 is 0. The van der Waals surface area contributed by atoms with Crippen LogP contribution in [0.15, 0.2) is 95.2 Å². The van der Waals surface area contributed by atoms with Crippen molar-refractivity contribution < 1.29 is 19.8 Å². The fourth-order valence-electron chi connectivity index (χ4n) is 4.87. The van der Waals surface area contributed by atoms with Gasteiger partial charge in [0.05, 0.1) is 46.0 Å². The van der Waals surface area contributed by atoms with Gasteiger partial charge in [0.25, 0.3) is 0 Å². The molecule has 0 aromatic carbocycles. The summed E-state index contributed by atoms with van der Waals surface area (Å²) in [6, 6.07) is 6.35. The number of carbonyl (C=O) groups is 2. The second-order valence-corrected chi connectivity index (χ2v) is 11.5. The number of rotatable bonds is 6. The highest BCUT2D eigenvalue weighted by Gasteiger charge is 2.34. The van der Waals surface area contributed by atoms with E-state index >= 15 is 0 Å². The molecule has 4 unspecified atom stereocenters. The Morgan fingerprint density at radius 1 is 0.789 bits per heavy atom. The van der Waals surface area contributed by atoms with E-state index in [1.165, 1.54) is 0 Å². The van der Waals surface area contributed by atoms with Crippen molar-refractivity contribution in [1.82, 2.24) is 9.97 Å². The van der Waals surface area contributed by atoms with Gasteiger partial charge in [0.2, 0.25) is 0 Å². The number of thioether (sulfide) groups is 2. The molecule has 0 spiro atoms. The number of allylic oxidation sites excluding steroid dienone is 4. The summed E-state index contributed by atoms with van der Waals surface area (Å²) in [6.45, 7) is 1.01. The molecule has 196 valence electrons. The monoisotopic (exact) mass is 548 g/mol. The van der Waals surface area contributed by atoms with Crippen molar-refractivity contribution in [2.45, 2.75) is 45.2 Å². The summed E-state index contributed by atoms with van der Waals surface area (Å²) >= 11 is 3.58. The fraction of sp³-hybridized carbons (Fsp3) is 0.286. The minimum atomic E-state index is -0.775. The summed E-state index contributed by atoms with van der Waals surface area (Å²) in [5, 5.41) is 18.5. The number of nitrogens with zero attached hydrogens (tertiary/aromatic N) is 4. The van der Waals surface area contributed by atoms with Gasteiger partial charge < -0.3 is 20.0 Å². The lowest BCUT2D eigenvalue weighted by Gasteiger charge is -2.41. The fourth-order valence-corrected chi connectivity index (χ4v) is 7.41. The lowest BCUT2D eigenvalue weighted by Crippen LogP contribution is -2.45. The first-order valence-corrected chi connectivity index (χ1v) is 14.2. The Morgan fingerprint density at radius 3 is 2.08 bits per heavy atom. The Morgan fingerprint density at radius 2 is 1.39 bits per heavy atom. The third-order valence-corrected chi connectivity index (χ3v) is 9.15. The zero-order chi connectivity index (χ0) is 26.5. The van der Waals surface area contributed by atoms with E-state index in [-0.39, 0.29) is 24.9 Å². The van der Waals surface area contributed by atoms with Crippen LogP contribution in [0.25, 0.3) is 0 Å². The lowest BCUT2D eigenvalue weighted by atomic mass is 10.0. The predicted molar refractivity (Wildman–Crippen MR) is 151 cm³/mol. The summed E-state index contributed by atoms with van der Waals surface area (Å²) in [5.41, 5.74) is 1.09. The Hall–Kier alpha value is -3.50. The van der Waals surface area contributed by atoms with E-state index in [9.17, 15) is 9.59 Å². The molecule has 6 rings (SSSR count). The van der Waals surface area contributed by atoms with Crippen LogP contribution in [0.4, 0.5) is 11.5 Å². The largest absolute Gasteiger partial charge is 0.481 e. The first kappa shape index (κ1) is 26.1. The zero-order valence-electron chi connectivity index (χ0n) is 20.5. The molecule has 2 aliphatic heterocycles. The number of aliphatic carboxylic acids is 2. The van der Waals surface area contributed by atoms with Crippen LogP contribution in [0.3, 0.4) is 0 Å². The van der Waals surface area contributed by atoms with Gasteiger partial charge in [-0.25, -0.2) is 4.98 Å². The van der Waals surface area contributed by atoms with Gasteiger partial charge in [-0.2, -0.15) is 0 Å². The summed E-state index contributed by atoms with van der Waals surface area (Å²) in [6.07, 6.45) is 22.4. The number of hydrogen-bond acceptors (Lipinski definition) is 8. The van der Waals surface area contributed by atoms with Gasteiger partial charge in [-0.1, -0.05) is 48.6 Å². The van der Waals surface area contributed by atoms with E-state index in [1.54, 1.807) is 35.9 Å². The van der Waals surface area contributed by atoms with E-state index in [1.807, 2.05) is 48.7 Å². The average Bonchev–Trinajstić information content (AvgIpc) is 2.93. The van der Waals surface area contributed by atoms with Crippen LogP contribution in [-0.2, 0) is 9.59 Å². The molecular weight excluding hydrogens is 520 g/mol. The maximum absolute atomic E-state index is 10.8. The number of anilines is 2. The van der Waals surface area contributed by atoms with Crippen molar-refractivity contribution in [2.75, 3.05) is 22.9 Å². The van der Waals surface area contributed by atoms with Crippen LogP contribution in [0.1, 0.15) is 12.8 Å². The number of aromatic nitrogens is 2. The number of carboxylic acids is 2. The highest BCUT2D eigenvalue weighted by molar-refractivity contribution is 8.00. The zero-order valence-corrected chi connectivity index (χ0v) is 22.2. The number of pyridine rings is 2. The highest BCUT2D eigenvalue weighted by atomic mass is 32.2. The van der Waals surface area contributed by atoms with Crippen molar-refractivity contribution in [3.8, 4) is 0 Å². The van der Waals surface area contributed by atoms with Gasteiger partial charge in [0.15, 0.2) is 0 Å². The second kappa shape index (κ2) is 11.9. The van der Waals surface area contributed by atoms with Gasteiger partial charge in [-0.3, -0.25) is 14.6 Å². The lowest BCUT2D eigenvalue weighted by molar-refractivity contribution is -0.137. The van der Waals surface area contributed by atoms with Gasteiger partial charge in [-0.15, -0.1) is 23.5 Å². The Bertz CT molecular complexity index is 1210. The minimum Gasteiger partial charge on any atom is -0.481 e. The maximum atomic E-state index is 10.8. The standard InChI is InChI=1S/2C14H14N2O2S/c17-13(18)7-9-16-10-4-1-2-5-11(10)19-12-6-3-8-15-14(12)16;17-14(18)6-8-16-10-3-1-2-4-12(10)19-13-9-15-7-5-11(13)16/h1-6,8,10-11H,7,9H2,(H,17,18);1-5,7,9-10,12H,6,8H2,(H,17,18). The van der Waals surface area contributed by atoms with Crippen LogP contribution >= 0.6 is 23.5 Å². The van der Waals surface area contributed by atoms with Gasteiger partial charge in [-0.05, 0) is 18.2 Å². The second-order valence-electron chi connectivity index (χ2n) is 9.03.